The van der Waals surface area contributed by atoms with Crippen LogP contribution in [0.25, 0.3) is 55.8 Å². The summed E-state index contributed by atoms with van der Waals surface area (Å²) in [7, 11) is 0. The van der Waals surface area contributed by atoms with E-state index in [4.69, 9.17) is 0 Å². The van der Waals surface area contributed by atoms with Gasteiger partial charge in [0, 0.05) is 35.0 Å². The number of aromatic hydroxyl groups is 2. The molecule has 0 aliphatic carbocycles. The summed E-state index contributed by atoms with van der Waals surface area (Å²) in [4.78, 5) is 16.2. The highest BCUT2D eigenvalue weighted by molar-refractivity contribution is 5.97. The summed E-state index contributed by atoms with van der Waals surface area (Å²) in [5.74, 6) is -0.133. The molecule has 0 aliphatic heterocycles. The number of aromatic amines is 2. The normalized spacial score (nSPS) is 11.4. The fourth-order valence-corrected chi connectivity index (χ4v) is 3.95. The van der Waals surface area contributed by atoms with Gasteiger partial charge in [0.05, 0.1) is 17.2 Å². The van der Waals surface area contributed by atoms with E-state index in [0.717, 1.165) is 28.1 Å². The van der Waals surface area contributed by atoms with Crippen LogP contribution < -0.4 is 0 Å². The Morgan fingerprint density at radius 2 is 1.73 bits per heavy atom. The molecule has 0 unspecified atom stereocenters. The van der Waals surface area contributed by atoms with Crippen molar-refractivity contribution in [2.45, 2.75) is 0 Å². The molecule has 0 fully saturated rings. The van der Waals surface area contributed by atoms with Gasteiger partial charge in [-0.05, 0) is 47.5 Å². The zero-order valence-corrected chi connectivity index (χ0v) is 16.9. The lowest BCUT2D eigenvalue weighted by Gasteiger charge is -2.04. The average Bonchev–Trinajstić information content (AvgIpc) is 3.41. The lowest BCUT2D eigenvalue weighted by Crippen LogP contribution is -1.85. The van der Waals surface area contributed by atoms with Gasteiger partial charge in [-0.2, -0.15) is 5.10 Å². The Morgan fingerprint density at radius 1 is 0.848 bits per heavy atom. The molecule has 0 amide bonds. The standard InChI is InChI=1S/C24H15FN6O2/c25-15-5-13(6-16(32)9-15)18-3-4-27-23-21(18)28-24(29-23)22-19-8-12(1-2-20(19)30-31-22)14-7-17(33)11-26-10-14/h1-11,32-33H,(H,30,31)(H,27,28,29). The smallest absolute Gasteiger partial charge is 0.178 e. The van der Waals surface area contributed by atoms with Crippen LogP contribution in [0.1, 0.15) is 0 Å². The summed E-state index contributed by atoms with van der Waals surface area (Å²) in [5, 5.41) is 27.9. The van der Waals surface area contributed by atoms with Crippen LogP contribution in [-0.4, -0.2) is 40.3 Å². The second kappa shape index (κ2) is 7.13. The monoisotopic (exact) mass is 438 g/mol. The van der Waals surface area contributed by atoms with Crippen LogP contribution >= 0.6 is 0 Å². The van der Waals surface area contributed by atoms with Crippen molar-refractivity contribution in [2.24, 2.45) is 0 Å². The highest BCUT2D eigenvalue weighted by atomic mass is 19.1. The van der Waals surface area contributed by atoms with E-state index in [9.17, 15) is 14.6 Å². The molecule has 4 N–H and O–H groups in total. The highest BCUT2D eigenvalue weighted by Gasteiger charge is 2.17. The van der Waals surface area contributed by atoms with Crippen molar-refractivity contribution >= 4 is 22.1 Å². The molecule has 6 aromatic rings. The Labute approximate surface area is 185 Å². The fourth-order valence-electron chi connectivity index (χ4n) is 3.95. The van der Waals surface area contributed by atoms with Crippen molar-refractivity contribution in [3.05, 3.63) is 72.9 Å². The molecule has 160 valence electrons. The molecule has 4 heterocycles. The van der Waals surface area contributed by atoms with E-state index in [-0.39, 0.29) is 11.5 Å². The van der Waals surface area contributed by atoms with Crippen molar-refractivity contribution in [3.8, 4) is 45.3 Å². The van der Waals surface area contributed by atoms with E-state index in [1.807, 2.05) is 18.2 Å². The molecule has 0 aliphatic rings. The summed E-state index contributed by atoms with van der Waals surface area (Å²) in [5.41, 5.74) is 5.22. The van der Waals surface area contributed by atoms with Crippen molar-refractivity contribution in [1.29, 1.82) is 0 Å². The number of hydrogen-bond donors (Lipinski definition) is 4. The number of hydrogen-bond acceptors (Lipinski definition) is 6. The SMILES string of the molecule is Oc1cncc(-c2ccc3[nH]nc(-c4nc5nccc(-c6cc(O)cc(F)c6)c5[nH]4)c3c2)c1. The van der Waals surface area contributed by atoms with E-state index in [1.165, 1.54) is 18.3 Å². The number of halogens is 1. The van der Waals surface area contributed by atoms with E-state index in [2.05, 4.69) is 30.1 Å². The molecule has 2 aromatic carbocycles. The topological polar surface area (TPSA) is 124 Å². The van der Waals surface area contributed by atoms with Crippen LogP contribution in [0.15, 0.2) is 67.1 Å². The molecular weight excluding hydrogens is 423 g/mol. The fraction of sp³-hybridized carbons (Fsp3) is 0. The molecular formula is C24H15FN6O2. The molecule has 0 saturated heterocycles. The Balaban J connectivity index is 1.51. The number of aromatic nitrogens is 6. The minimum atomic E-state index is -0.540. The van der Waals surface area contributed by atoms with Crippen LogP contribution in [0.3, 0.4) is 0 Å². The molecule has 6 rings (SSSR count). The number of nitrogens with zero attached hydrogens (tertiary/aromatic N) is 4. The minimum Gasteiger partial charge on any atom is -0.508 e. The highest BCUT2D eigenvalue weighted by Crippen LogP contribution is 2.34. The van der Waals surface area contributed by atoms with Crippen LogP contribution in [-0.2, 0) is 0 Å². The summed E-state index contributed by atoms with van der Waals surface area (Å²) in [6.07, 6.45) is 4.63. The number of fused-ring (bicyclic) bond motifs is 2. The molecule has 0 saturated carbocycles. The van der Waals surface area contributed by atoms with Gasteiger partial charge in [0.15, 0.2) is 11.5 Å². The van der Waals surface area contributed by atoms with Crippen molar-refractivity contribution < 1.29 is 14.6 Å². The van der Waals surface area contributed by atoms with Gasteiger partial charge in [0.25, 0.3) is 0 Å². The molecule has 4 aromatic heterocycles. The molecule has 0 atom stereocenters. The first-order valence-electron chi connectivity index (χ1n) is 10.0. The Bertz CT molecular complexity index is 1650. The summed E-state index contributed by atoms with van der Waals surface area (Å²) < 4.78 is 13.9. The maximum absolute atomic E-state index is 13.9. The zero-order chi connectivity index (χ0) is 22.5. The number of H-pyrrole nitrogens is 2. The van der Waals surface area contributed by atoms with Crippen LogP contribution in [0.2, 0.25) is 0 Å². The van der Waals surface area contributed by atoms with Crippen LogP contribution in [0.5, 0.6) is 11.5 Å². The van der Waals surface area contributed by atoms with Crippen LogP contribution in [0.4, 0.5) is 4.39 Å². The number of phenolic OH excluding ortho intramolecular Hbond substituents is 1. The van der Waals surface area contributed by atoms with Gasteiger partial charge in [-0.15, -0.1) is 0 Å². The number of imidazole rings is 1. The number of benzene rings is 2. The van der Waals surface area contributed by atoms with Crippen molar-refractivity contribution in [3.63, 3.8) is 0 Å². The van der Waals surface area contributed by atoms with E-state index >= 15 is 0 Å². The molecule has 0 radical (unpaired) electrons. The quantitative estimate of drug-likeness (QED) is 0.315. The number of rotatable bonds is 3. The first-order valence-corrected chi connectivity index (χ1v) is 10.0. The third-order valence-corrected chi connectivity index (χ3v) is 5.43. The Kier molecular flexibility index (Phi) is 4.09. The Hall–Kier alpha value is -4.79. The first-order chi connectivity index (χ1) is 16.0. The molecule has 9 heteroatoms. The van der Waals surface area contributed by atoms with Gasteiger partial charge >= 0.3 is 0 Å². The largest absolute Gasteiger partial charge is 0.508 e. The predicted octanol–water partition coefficient (Wildman–Crippen LogP) is 4.78. The summed E-state index contributed by atoms with van der Waals surface area (Å²) >= 11 is 0. The zero-order valence-electron chi connectivity index (χ0n) is 16.9. The number of phenols is 1. The van der Waals surface area contributed by atoms with E-state index in [0.29, 0.717) is 33.8 Å². The van der Waals surface area contributed by atoms with E-state index < -0.39 is 5.82 Å². The predicted molar refractivity (Wildman–Crippen MR) is 121 cm³/mol. The summed E-state index contributed by atoms with van der Waals surface area (Å²) in [6.45, 7) is 0. The Morgan fingerprint density at radius 3 is 2.58 bits per heavy atom. The van der Waals surface area contributed by atoms with Gasteiger partial charge in [0.2, 0.25) is 0 Å². The van der Waals surface area contributed by atoms with Gasteiger partial charge in [-0.3, -0.25) is 10.1 Å². The number of nitrogens with one attached hydrogen (secondary N) is 2. The molecule has 33 heavy (non-hydrogen) atoms. The van der Waals surface area contributed by atoms with Gasteiger partial charge in [-0.1, -0.05) is 6.07 Å². The number of pyridine rings is 2. The maximum atomic E-state index is 13.9. The van der Waals surface area contributed by atoms with Crippen molar-refractivity contribution in [2.75, 3.05) is 0 Å². The summed E-state index contributed by atoms with van der Waals surface area (Å²) in [6, 6.07) is 13.0. The van der Waals surface area contributed by atoms with Crippen LogP contribution in [0, 0.1) is 5.82 Å². The third-order valence-electron chi connectivity index (χ3n) is 5.43. The lowest BCUT2D eigenvalue weighted by molar-refractivity contribution is 0.469. The second-order valence-electron chi connectivity index (χ2n) is 7.61. The maximum Gasteiger partial charge on any atom is 0.178 e. The average molecular weight is 438 g/mol. The van der Waals surface area contributed by atoms with Gasteiger partial charge in [0.1, 0.15) is 23.0 Å². The second-order valence-corrected chi connectivity index (χ2v) is 7.61. The molecule has 0 spiro atoms. The molecule has 0 bridgehead atoms. The lowest BCUT2D eigenvalue weighted by atomic mass is 10.0. The van der Waals surface area contributed by atoms with E-state index in [1.54, 1.807) is 24.5 Å². The van der Waals surface area contributed by atoms with Gasteiger partial charge in [-0.25, -0.2) is 14.4 Å². The first kappa shape index (κ1) is 18.9. The van der Waals surface area contributed by atoms with Crippen molar-refractivity contribution in [1.82, 2.24) is 30.1 Å². The molecule has 8 nitrogen and oxygen atoms in total. The minimum absolute atomic E-state index is 0.0827. The van der Waals surface area contributed by atoms with Gasteiger partial charge < -0.3 is 15.2 Å². The third kappa shape index (κ3) is 3.23.